The fourth-order valence-corrected chi connectivity index (χ4v) is 2.51. The molecule has 0 saturated carbocycles. The molecule has 0 saturated heterocycles. The normalized spacial score (nSPS) is 11.8. The maximum atomic E-state index is 12.3. The molecule has 0 radical (unpaired) electrons. The van der Waals surface area contributed by atoms with Crippen molar-refractivity contribution < 1.29 is 15.2 Å². The Hall–Kier alpha value is -3.06. The fourth-order valence-electron chi connectivity index (χ4n) is 2.51. The molecule has 3 rings (SSSR count). The summed E-state index contributed by atoms with van der Waals surface area (Å²) >= 11 is 0. The molecule has 1 atom stereocenters. The van der Waals surface area contributed by atoms with Crippen molar-refractivity contribution in [3.8, 4) is 0 Å². The van der Waals surface area contributed by atoms with Gasteiger partial charge in [0.15, 0.2) is 11.5 Å². The number of hydrogen-bond donors (Lipinski definition) is 2. The Morgan fingerprint density at radius 2 is 1.77 bits per heavy atom. The van der Waals surface area contributed by atoms with E-state index < -0.39 is 5.23 Å². The number of pyridine rings is 1. The van der Waals surface area contributed by atoms with Crippen LogP contribution < -0.4 is 10.6 Å². The molecule has 132 valence electrons. The zero-order valence-corrected chi connectivity index (χ0v) is 14.1. The van der Waals surface area contributed by atoms with Gasteiger partial charge >= 0.3 is 0 Å². The highest BCUT2D eigenvalue weighted by Crippen LogP contribution is 2.08. The second-order valence-electron chi connectivity index (χ2n) is 5.84. The van der Waals surface area contributed by atoms with Gasteiger partial charge in [-0.2, -0.15) is 5.23 Å². The Kier molecular flexibility index (Phi) is 5.70. The monoisotopic (exact) mass is 349 g/mol. The van der Waals surface area contributed by atoms with Crippen molar-refractivity contribution in [1.82, 2.24) is 4.57 Å². The highest BCUT2D eigenvalue weighted by Gasteiger charge is 2.09. The van der Waals surface area contributed by atoms with Gasteiger partial charge in [-0.3, -0.25) is 9.79 Å². The standard InChI is InChI=1S/C20H19N3O3/c24-20(17-7-4-8-19(13-17)23(25)26)15-22-11-9-18(10-12-22)21-14-16-5-2-1-3-6-16/h1-13,23,25H,14-15H2. The Morgan fingerprint density at radius 1 is 1.04 bits per heavy atom. The first-order chi connectivity index (χ1) is 12.6. The third-order valence-electron chi connectivity index (χ3n) is 3.92. The predicted molar refractivity (Wildman–Crippen MR) is 96.7 cm³/mol. The van der Waals surface area contributed by atoms with Crippen molar-refractivity contribution in [3.05, 3.63) is 101 Å². The maximum absolute atomic E-state index is 12.3. The van der Waals surface area contributed by atoms with Gasteiger partial charge in [-0.25, -0.2) is 5.21 Å². The van der Waals surface area contributed by atoms with Crippen LogP contribution in [0, 0.1) is 5.21 Å². The quantitative estimate of drug-likeness (QED) is 0.526. The van der Waals surface area contributed by atoms with Gasteiger partial charge in [0.2, 0.25) is 0 Å². The van der Waals surface area contributed by atoms with E-state index in [1.165, 1.54) is 12.1 Å². The Bertz CT molecular complexity index is 929. The lowest BCUT2D eigenvalue weighted by atomic mass is 10.1. The van der Waals surface area contributed by atoms with Crippen LogP contribution in [-0.4, -0.2) is 15.6 Å². The number of ketones is 1. The van der Waals surface area contributed by atoms with Crippen molar-refractivity contribution in [3.63, 3.8) is 0 Å². The van der Waals surface area contributed by atoms with Crippen LogP contribution in [0.15, 0.2) is 84.1 Å². The van der Waals surface area contributed by atoms with Crippen molar-refractivity contribution in [2.45, 2.75) is 13.1 Å². The van der Waals surface area contributed by atoms with E-state index in [4.69, 9.17) is 5.21 Å². The third kappa shape index (κ3) is 4.73. The average Bonchev–Trinajstić information content (AvgIpc) is 2.68. The van der Waals surface area contributed by atoms with Crippen LogP contribution in [0.1, 0.15) is 15.9 Å². The summed E-state index contributed by atoms with van der Waals surface area (Å²) in [6, 6.07) is 19.7. The number of aromatic nitrogens is 1. The van der Waals surface area contributed by atoms with Crippen molar-refractivity contribution >= 4 is 11.5 Å². The number of nitrogens with one attached hydrogen (secondary N) is 1. The van der Waals surface area contributed by atoms with Crippen LogP contribution >= 0.6 is 0 Å². The van der Waals surface area contributed by atoms with E-state index in [1.54, 1.807) is 29.1 Å². The highest BCUT2D eigenvalue weighted by atomic mass is 16.8. The predicted octanol–water partition coefficient (Wildman–Crippen LogP) is 1.88. The summed E-state index contributed by atoms with van der Waals surface area (Å²) < 4.78 is 1.75. The molecule has 0 spiro atoms. The smallest absolute Gasteiger partial charge is 0.182 e. The van der Waals surface area contributed by atoms with Crippen molar-refractivity contribution in [1.29, 1.82) is 0 Å². The van der Waals surface area contributed by atoms with E-state index in [1.807, 2.05) is 42.5 Å². The van der Waals surface area contributed by atoms with Crippen LogP contribution in [-0.2, 0) is 13.1 Å². The molecule has 3 aromatic rings. The number of quaternary nitrogens is 1. The van der Waals surface area contributed by atoms with Crippen LogP contribution in [0.25, 0.3) is 0 Å². The average molecular weight is 349 g/mol. The number of carbonyl (C=O) groups is 1. The van der Waals surface area contributed by atoms with E-state index in [0.717, 1.165) is 10.9 Å². The summed E-state index contributed by atoms with van der Waals surface area (Å²) in [7, 11) is 0. The van der Waals surface area contributed by atoms with Gasteiger partial charge in [-0.15, -0.1) is 0 Å². The van der Waals surface area contributed by atoms with E-state index in [-0.39, 0.29) is 18.0 Å². The number of benzene rings is 2. The van der Waals surface area contributed by atoms with Gasteiger partial charge in [0.05, 0.1) is 18.4 Å². The molecule has 0 aliphatic rings. The third-order valence-corrected chi connectivity index (χ3v) is 3.92. The molecule has 1 unspecified atom stereocenters. The molecule has 2 N–H and O–H groups in total. The Balaban J connectivity index is 1.67. The number of nitrogens with zero attached hydrogens (tertiary/aromatic N) is 2. The van der Waals surface area contributed by atoms with Crippen LogP contribution in [0.2, 0.25) is 0 Å². The van der Waals surface area contributed by atoms with E-state index >= 15 is 0 Å². The summed E-state index contributed by atoms with van der Waals surface area (Å²) in [5.74, 6) is -0.146. The minimum Gasteiger partial charge on any atom is -0.595 e. The Morgan fingerprint density at radius 3 is 2.46 bits per heavy atom. The zero-order chi connectivity index (χ0) is 18.4. The molecule has 6 heteroatoms. The van der Waals surface area contributed by atoms with Gasteiger partial charge in [0.25, 0.3) is 0 Å². The summed E-state index contributed by atoms with van der Waals surface area (Å²) in [5.41, 5.74) is 1.63. The van der Waals surface area contributed by atoms with Gasteiger partial charge in [-0.05, 0) is 17.7 Å². The number of carbonyl (C=O) groups excluding carboxylic acids is 1. The molecule has 1 heterocycles. The second kappa shape index (κ2) is 8.35. The minimum atomic E-state index is -1.04. The molecule has 0 fully saturated rings. The van der Waals surface area contributed by atoms with Gasteiger partial charge < -0.3 is 9.77 Å². The maximum Gasteiger partial charge on any atom is 0.182 e. The van der Waals surface area contributed by atoms with Crippen LogP contribution in [0.3, 0.4) is 0 Å². The van der Waals surface area contributed by atoms with Crippen LogP contribution in [0.4, 0.5) is 5.69 Å². The molecule has 2 aromatic carbocycles. The van der Waals surface area contributed by atoms with E-state index in [2.05, 4.69) is 4.99 Å². The molecular formula is C20H19N3O3. The lowest BCUT2D eigenvalue weighted by Crippen LogP contribution is -2.99. The Labute approximate surface area is 150 Å². The van der Waals surface area contributed by atoms with Crippen molar-refractivity contribution in [2.75, 3.05) is 0 Å². The lowest BCUT2D eigenvalue weighted by Gasteiger charge is -2.12. The number of hydrogen-bond acceptors (Lipinski definition) is 4. The molecule has 1 aromatic heterocycles. The number of rotatable bonds is 6. The highest BCUT2D eigenvalue weighted by molar-refractivity contribution is 5.96. The molecule has 6 nitrogen and oxygen atoms in total. The first-order valence-corrected chi connectivity index (χ1v) is 8.19. The van der Waals surface area contributed by atoms with Gasteiger partial charge in [0, 0.05) is 30.1 Å². The summed E-state index contributed by atoms with van der Waals surface area (Å²) in [5, 5.41) is 19.8. The van der Waals surface area contributed by atoms with Gasteiger partial charge in [0.1, 0.15) is 0 Å². The molecule has 0 bridgehead atoms. The van der Waals surface area contributed by atoms with E-state index in [0.29, 0.717) is 12.1 Å². The largest absolute Gasteiger partial charge is 0.595 e. The molecule has 0 aliphatic carbocycles. The molecule has 26 heavy (non-hydrogen) atoms. The summed E-state index contributed by atoms with van der Waals surface area (Å²) in [6.07, 6.45) is 3.59. The number of Topliss-reactive ketones (excluding diaryl/α,β-unsaturated/α-hetero) is 1. The summed E-state index contributed by atoms with van der Waals surface area (Å²) in [4.78, 5) is 16.9. The first-order valence-electron chi connectivity index (χ1n) is 8.19. The molecular weight excluding hydrogens is 330 g/mol. The first kappa shape index (κ1) is 17.8. The zero-order valence-electron chi connectivity index (χ0n) is 14.1. The second-order valence-corrected chi connectivity index (χ2v) is 5.84. The van der Waals surface area contributed by atoms with Crippen LogP contribution in [0.5, 0.6) is 0 Å². The van der Waals surface area contributed by atoms with Gasteiger partial charge in [-0.1, -0.05) is 42.5 Å². The lowest BCUT2D eigenvalue weighted by molar-refractivity contribution is -0.991. The fraction of sp³-hybridized carbons (Fsp3) is 0.100. The molecule has 0 amide bonds. The SMILES string of the molecule is O=C(Cn1ccc(=NCc2ccccc2)cc1)c1cccc([NH+]([O-])O)c1. The van der Waals surface area contributed by atoms with E-state index in [9.17, 15) is 10.0 Å². The van der Waals surface area contributed by atoms with Crippen molar-refractivity contribution in [2.24, 2.45) is 4.99 Å². The topological polar surface area (TPSA) is 82.1 Å². The molecule has 0 aliphatic heterocycles. The summed E-state index contributed by atoms with van der Waals surface area (Å²) in [6.45, 7) is 0.744. The minimum absolute atomic E-state index is 0.107.